The minimum atomic E-state index is -5.01. The topological polar surface area (TPSA) is 111 Å². The number of rotatable bonds is 4. The first-order valence-corrected chi connectivity index (χ1v) is 10.3. The number of ether oxygens (including phenoxy) is 1. The molecule has 1 N–H and O–H groups in total. The molecule has 164 valence electrons. The van der Waals surface area contributed by atoms with Crippen molar-refractivity contribution in [2.75, 3.05) is 6.26 Å². The SMILES string of the molecule is CS(=O)(=O)c1cccnc1Oc1cc(-n2c(=O)cc(C(F)(F)F)[nH]c2=O)c(F)cc1Cl. The second-order valence-electron chi connectivity index (χ2n) is 6.07. The molecule has 0 atom stereocenters. The highest BCUT2D eigenvalue weighted by molar-refractivity contribution is 7.90. The van der Waals surface area contributed by atoms with Gasteiger partial charge in [-0.2, -0.15) is 13.2 Å². The molecular formula is C17H10ClF4N3O5S. The molecule has 3 rings (SSSR count). The Kier molecular flexibility index (Phi) is 5.67. The van der Waals surface area contributed by atoms with Gasteiger partial charge in [0.15, 0.2) is 9.84 Å². The lowest BCUT2D eigenvalue weighted by atomic mass is 10.2. The molecule has 0 saturated heterocycles. The number of aromatic nitrogens is 3. The van der Waals surface area contributed by atoms with Gasteiger partial charge in [0.2, 0.25) is 5.88 Å². The van der Waals surface area contributed by atoms with E-state index in [1.165, 1.54) is 23.3 Å². The number of alkyl halides is 3. The maximum atomic E-state index is 14.4. The lowest BCUT2D eigenvalue weighted by Gasteiger charge is -2.13. The number of nitrogens with zero attached hydrogens (tertiary/aromatic N) is 2. The summed E-state index contributed by atoms with van der Waals surface area (Å²) < 4.78 is 81.9. The molecule has 0 unspecified atom stereocenters. The van der Waals surface area contributed by atoms with Crippen LogP contribution in [0.3, 0.4) is 0 Å². The van der Waals surface area contributed by atoms with Gasteiger partial charge < -0.3 is 9.72 Å². The van der Waals surface area contributed by atoms with Crippen LogP contribution in [0.2, 0.25) is 5.02 Å². The van der Waals surface area contributed by atoms with Gasteiger partial charge in [-0.3, -0.25) is 4.79 Å². The fourth-order valence-corrected chi connectivity index (χ4v) is 3.41. The van der Waals surface area contributed by atoms with E-state index in [9.17, 15) is 35.6 Å². The number of hydrogen-bond donors (Lipinski definition) is 1. The Labute approximate surface area is 175 Å². The summed E-state index contributed by atoms with van der Waals surface area (Å²) in [4.78, 5) is 29.1. The fourth-order valence-electron chi connectivity index (χ4n) is 2.48. The van der Waals surface area contributed by atoms with Crippen molar-refractivity contribution >= 4 is 21.4 Å². The molecule has 31 heavy (non-hydrogen) atoms. The summed E-state index contributed by atoms with van der Waals surface area (Å²) in [7, 11) is -3.79. The van der Waals surface area contributed by atoms with Crippen LogP contribution in [0, 0.1) is 5.82 Å². The van der Waals surface area contributed by atoms with Crippen molar-refractivity contribution in [1.82, 2.24) is 14.5 Å². The van der Waals surface area contributed by atoms with E-state index in [-0.39, 0.29) is 20.6 Å². The molecule has 0 aliphatic rings. The standard InChI is InChI=1S/C17H10ClF4N3O5S/c1-31(28,29)12-3-2-4-23-15(12)30-11-6-10(9(19)5-8(11)18)25-14(26)7-13(17(20,21)22)24-16(25)27/h2-7H,1H3,(H,24,27). The number of benzene rings is 1. The van der Waals surface area contributed by atoms with Crippen molar-refractivity contribution in [3.63, 3.8) is 0 Å². The lowest BCUT2D eigenvalue weighted by Crippen LogP contribution is -2.36. The highest BCUT2D eigenvalue weighted by Crippen LogP contribution is 2.34. The second kappa shape index (κ2) is 7.81. The molecule has 2 aromatic heterocycles. The highest BCUT2D eigenvalue weighted by atomic mass is 35.5. The van der Waals surface area contributed by atoms with Gasteiger partial charge in [0.1, 0.15) is 22.2 Å². The summed E-state index contributed by atoms with van der Waals surface area (Å²) in [6.45, 7) is 0. The van der Waals surface area contributed by atoms with Crippen LogP contribution in [0.15, 0.2) is 51.0 Å². The van der Waals surface area contributed by atoms with E-state index in [1.54, 1.807) is 0 Å². The molecule has 0 fully saturated rings. The molecule has 0 radical (unpaired) electrons. The van der Waals surface area contributed by atoms with Gasteiger partial charge in [-0.05, 0) is 18.2 Å². The third-order valence-electron chi connectivity index (χ3n) is 3.82. The van der Waals surface area contributed by atoms with Gasteiger partial charge in [-0.1, -0.05) is 11.6 Å². The van der Waals surface area contributed by atoms with Gasteiger partial charge in [0.25, 0.3) is 5.56 Å². The average molecular weight is 480 g/mol. The minimum absolute atomic E-state index is 0.0799. The van der Waals surface area contributed by atoms with Crippen molar-refractivity contribution in [3.05, 3.63) is 73.9 Å². The van der Waals surface area contributed by atoms with Crippen molar-refractivity contribution in [2.24, 2.45) is 0 Å². The number of hydrogen-bond acceptors (Lipinski definition) is 6. The average Bonchev–Trinajstić information content (AvgIpc) is 2.63. The Balaban J connectivity index is 2.17. The summed E-state index contributed by atoms with van der Waals surface area (Å²) in [5.41, 5.74) is -5.44. The largest absolute Gasteiger partial charge is 0.436 e. The first kappa shape index (κ1) is 22.5. The van der Waals surface area contributed by atoms with E-state index < -0.39 is 56.1 Å². The summed E-state index contributed by atoms with van der Waals surface area (Å²) in [6.07, 6.45) is -2.92. The third-order valence-corrected chi connectivity index (χ3v) is 5.23. The quantitative estimate of drug-likeness (QED) is 0.576. The number of aromatic amines is 1. The van der Waals surface area contributed by atoms with E-state index in [2.05, 4.69) is 4.98 Å². The molecule has 0 spiro atoms. The third kappa shape index (κ3) is 4.61. The summed E-state index contributed by atoms with van der Waals surface area (Å²) >= 11 is 5.91. The monoisotopic (exact) mass is 479 g/mol. The Morgan fingerprint density at radius 3 is 2.45 bits per heavy atom. The smallest absolute Gasteiger partial charge is 0.431 e. The van der Waals surface area contributed by atoms with Gasteiger partial charge in [-0.15, -0.1) is 0 Å². The number of halogens is 5. The molecule has 0 aliphatic heterocycles. The molecule has 0 saturated carbocycles. The molecule has 2 heterocycles. The molecule has 0 bridgehead atoms. The minimum Gasteiger partial charge on any atom is -0.436 e. The Morgan fingerprint density at radius 2 is 1.87 bits per heavy atom. The van der Waals surface area contributed by atoms with Crippen LogP contribution >= 0.6 is 11.6 Å². The van der Waals surface area contributed by atoms with Crippen molar-refractivity contribution in [3.8, 4) is 17.3 Å². The predicted molar refractivity (Wildman–Crippen MR) is 100 cm³/mol. The van der Waals surface area contributed by atoms with Gasteiger partial charge in [-0.25, -0.2) is 27.2 Å². The van der Waals surface area contributed by atoms with Crippen molar-refractivity contribution < 1.29 is 30.7 Å². The Morgan fingerprint density at radius 1 is 1.19 bits per heavy atom. The Bertz CT molecular complexity index is 1370. The van der Waals surface area contributed by atoms with Crippen molar-refractivity contribution in [2.45, 2.75) is 11.1 Å². The van der Waals surface area contributed by atoms with E-state index in [1.807, 2.05) is 0 Å². The molecular weight excluding hydrogens is 470 g/mol. The van der Waals surface area contributed by atoms with E-state index in [0.717, 1.165) is 12.3 Å². The van der Waals surface area contributed by atoms with E-state index in [4.69, 9.17) is 16.3 Å². The maximum absolute atomic E-state index is 14.4. The van der Waals surface area contributed by atoms with Crippen LogP contribution in [0.5, 0.6) is 11.6 Å². The number of sulfone groups is 1. The van der Waals surface area contributed by atoms with Gasteiger partial charge >= 0.3 is 11.9 Å². The zero-order valence-electron chi connectivity index (χ0n) is 15.2. The van der Waals surface area contributed by atoms with Crippen LogP contribution in [0.4, 0.5) is 17.6 Å². The summed E-state index contributed by atoms with van der Waals surface area (Å²) in [5, 5.41) is -0.386. The number of H-pyrrole nitrogens is 1. The first-order valence-electron chi connectivity index (χ1n) is 8.05. The van der Waals surface area contributed by atoms with E-state index in [0.29, 0.717) is 6.07 Å². The molecule has 14 heteroatoms. The first-order chi connectivity index (χ1) is 14.3. The summed E-state index contributed by atoms with van der Waals surface area (Å²) in [5.74, 6) is -2.07. The lowest BCUT2D eigenvalue weighted by molar-refractivity contribution is -0.141. The Hall–Kier alpha value is -3.19. The zero-order valence-corrected chi connectivity index (χ0v) is 16.8. The fraction of sp³-hybridized carbons (Fsp3) is 0.118. The number of pyridine rings is 1. The molecule has 0 amide bonds. The number of nitrogens with one attached hydrogen (secondary N) is 1. The van der Waals surface area contributed by atoms with Crippen molar-refractivity contribution in [1.29, 1.82) is 0 Å². The molecule has 1 aromatic carbocycles. The highest BCUT2D eigenvalue weighted by Gasteiger charge is 2.33. The second-order valence-corrected chi connectivity index (χ2v) is 8.47. The van der Waals surface area contributed by atoms with Crippen LogP contribution in [-0.2, 0) is 16.0 Å². The summed E-state index contributed by atoms with van der Waals surface area (Å²) in [6, 6.07) is 3.97. The maximum Gasteiger partial charge on any atom is 0.431 e. The van der Waals surface area contributed by atoms with Crippen LogP contribution in [-0.4, -0.2) is 29.2 Å². The normalized spacial score (nSPS) is 12.1. The van der Waals surface area contributed by atoms with Crippen LogP contribution < -0.4 is 16.0 Å². The van der Waals surface area contributed by atoms with E-state index >= 15 is 0 Å². The van der Waals surface area contributed by atoms with Crippen LogP contribution in [0.25, 0.3) is 5.69 Å². The zero-order chi connectivity index (χ0) is 23.1. The predicted octanol–water partition coefficient (Wildman–Crippen LogP) is 2.93. The van der Waals surface area contributed by atoms with Gasteiger partial charge in [0, 0.05) is 24.6 Å². The molecule has 0 aliphatic carbocycles. The molecule has 3 aromatic rings. The van der Waals surface area contributed by atoms with Gasteiger partial charge in [0.05, 0.1) is 10.7 Å². The molecule has 8 nitrogen and oxygen atoms in total. The van der Waals surface area contributed by atoms with Crippen LogP contribution in [0.1, 0.15) is 5.69 Å².